The maximum Gasteiger partial charge on any atom is 0.338 e. The number of esters is 1. The number of carbonyl (C=O) groups excluding carboxylic acids is 2. The molecule has 1 saturated heterocycles. The molecule has 0 unspecified atom stereocenters. The Morgan fingerprint density at radius 3 is 2.42 bits per heavy atom. The average molecular weight is 485 g/mol. The lowest BCUT2D eigenvalue weighted by atomic mass is 10.2. The van der Waals surface area contributed by atoms with E-state index in [4.69, 9.17) is 27.9 Å². The first-order valence-electron chi connectivity index (χ1n) is 9.79. The molecule has 2 aromatic rings. The van der Waals surface area contributed by atoms with Gasteiger partial charge in [0.1, 0.15) is 0 Å². The molecule has 1 fully saturated rings. The second-order valence-electron chi connectivity index (χ2n) is 7.09. The second kappa shape index (κ2) is 10.5. The highest BCUT2D eigenvalue weighted by Crippen LogP contribution is 2.25. The van der Waals surface area contributed by atoms with Crippen LogP contribution in [0.25, 0.3) is 0 Å². The lowest BCUT2D eigenvalue weighted by molar-refractivity contribution is -0.119. The van der Waals surface area contributed by atoms with E-state index in [-0.39, 0.29) is 15.5 Å². The predicted molar refractivity (Wildman–Crippen MR) is 119 cm³/mol. The molecule has 7 nitrogen and oxygen atoms in total. The summed E-state index contributed by atoms with van der Waals surface area (Å²) in [5.74, 6) is -1.41. The summed E-state index contributed by atoms with van der Waals surface area (Å²) < 4.78 is 32.3. The van der Waals surface area contributed by atoms with Crippen molar-refractivity contribution in [1.82, 2.24) is 4.31 Å². The Bertz CT molecular complexity index is 1070. The number of nitrogens with one attached hydrogen (secondary N) is 1. The lowest BCUT2D eigenvalue weighted by Gasteiger charge is -2.20. The number of rotatable bonds is 6. The number of nitrogens with zero attached hydrogens (tertiary/aromatic N) is 1. The Hall–Kier alpha value is -2.13. The van der Waals surface area contributed by atoms with Crippen LogP contribution in [0.4, 0.5) is 5.69 Å². The van der Waals surface area contributed by atoms with Crippen LogP contribution in [0.3, 0.4) is 0 Å². The topological polar surface area (TPSA) is 92.8 Å². The number of sulfonamides is 1. The molecule has 0 aromatic heterocycles. The number of anilines is 1. The zero-order valence-corrected chi connectivity index (χ0v) is 19.0. The van der Waals surface area contributed by atoms with Crippen LogP contribution in [-0.2, 0) is 19.6 Å². The van der Waals surface area contributed by atoms with E-state index in [2.05, 4.69) is 5.32 Å². The Kier molecular flexibility index (Phi) is 7.94. The molecule has 1 aliphatic rings. The van der Waals surface area contributed by atoms with Gasteiger partial charge in [0.15, 0.2) is 6.61 Å². The van der Waals surface area contributed by atoms with E-state index in [0.717, 1.165) is 25.7 Å². The number of amides is 1. The minimum Gasteiger partial charge on any atom is -0.452 e. The van der Waals surface area contributed by atoms with Gasteiger partial charge in [-0.05, 0) is 49.2 Å². The fraction of sp³-hybridized carbons (Fsp3) is 0.333. The van der Waals surface area contributed by atoms with Crippen molar-refractivity contribution in [1.29, 1.82) is 0 Å². The number of carbonyl (C=O) groups is 2. The molecular weight excluding hydrogens is 463 g/mol. The minimum absolute atomic E-state index is 0.0269. The van der Waals surface area contributed by atoms with Crippen LogP contribution in [0.15, 0.2) is 47.4 Å². The second-order valence-corrected chi connectivity index (χ2v) is 9.88. The van der Waals surface area contributed by atoms with Gasteiger partial charge in [0, 0.05) is 18.1 Å². The van der Waals surface area contributed by atoms with E-state index in [0.29, 0.717) is 23.8 Å². The van der Waals surface area contributed by atoms with Gasteiger partial charge in [-0.1, -0.05) is 42.1 Å². The molecule has 0 spiro atoms. The van der Waals surface area contributed by atoms with Gasteiger partial charge in [-0.25, -0.2) is 13.2 Å². The van der Waals surface area contributed by atoms with Crippen LogP contribution >= 0.6 is 23.2 Å². The van der Waals surface area contributed by atoms with Gasteiger partial charge < -0.3 is 10.1 Å². The number of halogens is 2. The van der Waals surface area contributed by atoms with Crippen LogP contribution in [0.1, 0.15) is 36.0 Å². The van der Waals surface area contributed by atoms with Crippen LogP contribution in [-0.4, -0.2) is 44.3 Å². The highest BCUT2D eigenvalue weighted by Gasteiger charge is 2.26. The molecular formula is C21H22Cl2N2O5S. The molecule has 1 aliphatic heterocycles. The van der Waals surface area contributed by atoms with Crippen molar-refractivity contribution in [3.05, 3.63) is 58.1 Å². The molecule has 10 heteroatoms. The number of benzene rings is 2. The summed E-state index contributed by atoms with van der Waals surface area (Å²) in [4.78, 5) is 24.5. The Morgan fingerprint density at radius 1 is 1.00 bits per heavy atom. The first-order chi connectivity index (χ1) is 14.8. The summed E-state index contributed by atoms with van der Waals surface area (Å²) in [5.41, 5.74) is 0.338. The average Bonchev–Trinajstić information content (AvgIpc) is 3.05. The molecule has 166 valence electrons. The summed E-state index contributed by atoms with van der Waals surface area (Å²) in [5, 5.41) is 3.18. The third-order valence-corrected chi connectivity index (χ3v) is 7.27. The smallest absolute Gasteiger partial charge is 0.338 e. The van der Waals surface area contributed by atoms with Crippen molar-refractivity contribution in [3.8, 4) is 0 Å². The third-order valence-electron chi connectivity index (χ3n) is 4.81. The van der Waals surface area contributed by atoms with E-state index in [1.165, 1.54) is 40.7 Å². The van der Waals surface area contributed by atoms with Crippen LogP contribution in [0.5, 0.6) is 0 Å². The zero-order chi connectivity index (χ0) is 22.4. The van der Waals surface area contributed by atoms with Gasteiger partial charge in [0.05, 0.1) is 21.2 Å². The lowest BCUT2D eigenvalue weighted by Crippen LogP contribution is -2.32. The maximum atomic E-state index is 12.9. The van der Waals surface area contributed by atoms with Gasteiger partial charge in [0.25, 0.3) is 5.91 Å². The normalized spacial score (nSPS) is 15.2. The van der Waals surface area contributed by atoms with E-state index in [9.17, 15) is 18.0 Å². The standard InChI is InChI=1S/C21H22Cl2N2O5S/c22-16-8-9-18(23)19(13-16)24-20(26)14-30-21(27)15-6-5-7-17(12-15)31(28,29)25-10-3-1-2-4-11-25/h5-9,12-13H,1-4,10-11,14H2,(H,24,26). The zero-order valence-electron chi connectivity index (χ0n) is 16.6. The van der Waals surface area contributed by atoms with Crippen molar-refractivity contribution < 1.29 is 22.7 Å². The van der Waals surface area contributed by atoms with Gasteiger partial charge >= 0.3 is 5.97 Å². The van der Waals surface area contributed by atoms with Crippen molar-refractivity contribution in [3.63, 3.8) is 0 Å². The van der Waals surface area contributed by atoms with E-state index in [1.807, 2.05) is 0 Å². The van der Waals surface area contributed by atoms with Gasteiger partial charge in [-0.15, -0.1) is 0 Å². The molecule has 1 amide bonds. The molecule has 3 rings (SSSR count). The quantitative estimate of drug-likeness (QED) is 0.614. The first-order valence-corrected chi connectivity index (χ1v) is 12.0. The molecule has 1 N–H and O–H groups in total. The monoisotopic (exact) mass is 484 g/mol. The largest absolute Gasteiger partial charge is 0.452 e. The summed E-state index contributed by atoms with van der Waals surface area (Å²) in [7, 11) is -3.70. The van der Waals surface area contributed by atoms with Crippen molar-refractivity contribution in [2.24, 2.45) is 0 Å². The Labute approximate surface area is 191 Å². The molecule has 31 heavy (non-hydrogen) atoms. The summed E-state index contributed by atoms with van der Waals surface area (Å²) in [6, 6.07) is 10.2. The molecule has 2 aromatic carbocycles. The van der Waals surface area contributed by atoms with Crippen LogP contribution < -0.4 is 5.32 Å². The highest BCUT2D eigenvalue weighted by molar-refractivity contribution is 7.89. The highest BCUT2D eigenvalue weighted by atomic mass is 35.5. The van der Waals surface area contributed by atoms with Gasteiger partial charge in [0.2, 0.25) is 10.0 Å². The van der Waals surface area contributed by atoms with Crippen molar-refractivity contribution >= 4 is 50.8 Å². The number of hydrogen-bond donors (Lipinski definition) is 1. The summed E-state index contributed by atoms with van der Waals surface area (Å²) in [6.07, 6.45) is 3.63. The molecule has 0 radical (unpaired) electrons. The third kappa shape index (κ3) is 6.20. The van der Waals surface area contributed by atoms with Crippen LogP contribution in [0.2, 0.25) is 10.0 Å². The number of ether oxygens (including phenoxy) is 1. The Morgan fingerprint density at radius 2 is 1.71 bits per heavy atom. The summed E-state index contributed by atoms with van der Waals surface area (Å²) in [6.45, 7) is 0.358. The first kappa shape index (κ1) is 23.5. The number of hydrogen-bond acceptors (Lipinski definition) is 5. The molecule has 1 heterocycles. The van der Waals surface area contributed by atoms with E-state index in [1.54, 1.807) is 6.07 Å². The van der Waals surface area contributed by atoms with Crippen molar-refractivity contribution in [2.45, 2.75) is 30.6 Å². The van der Waals surface area contributed by atoms with Gasteiger partial charge in [-0.2, -0.15) is 4.31 Å². The molecule has 0 aliphatic carbocycles. The molecule has 0 bridgehead atoms. The summed E-state index contributed by atoms with van der Waals surface area (Å²) >= 11 is 11.9. The Balaban J connectivity index is 1.64. The van der Waals surface area contributed by atoms with E-state index < -0.39 is 28.5 Å². The van der Waals surface area contributed by atoms with Crippen molar-refractivity contribution in [2.75, 3.05) is 25.0 Å². The minimum atomic E-state index is -3.70. The molecule has 0 saturated carbocycles. The fourth-order valence-corrected chi connectivity index (χ4v) is 5.11. The SMILES string of the molecule is O=C(COC(=O)c1cccc(S(=O)(=O)N2CCCCCC2)c1)Nc1cc(Cl)ccc1Cl. The predicted octanol–water partition coefficient (Wildman–Crippen LogP) is 4.35. The fourth-order valence-electron chi connectivity index (χ4n) is 3.21. The molecule has 0 atom stereocenters. The van der Waals surface area contributed by atoms with Gasteiger partial charge in [-0.3, -0.25) is 4.79 Å². The maximum absolute atomic E-state index is 12.9. The van der Waals surface area contributed by atoms with E-state index >= 15 is 0 Å². The van der Waals surface area contributed by atoms with Crippen LogP contribution in [0, 0.1) is 0 Å².